The second kappa shape index (κ2) is 3.50. The lowest BCUT2D eigenvalue weighted by atomic mass is 9.72. The molecule has 0 aromatic heterocycles. The Bertz CT molecular complexity index is 218. The second-order valence-electron chi connectivity index (χ2n) is 2.41. The summed E-state index contributed by atoms with van der Waals surface area (Å²) in [4.78, 5) is 10.3. The first kappa shape index (κ1) is 8.23. The number of carbonyl (C=O) groups is 1. The Balaban J connectivity index is 2.91. The maximum Gasteiger partial charge on any atom is 0.484 e. The van der Waals surface area contributed by atoms with Crippen molar-refractivity contribution in [2.24, 2.45) is 0 Å². The maximum absolute atomic E-state index is 10.3. The lowest BCUT2D eigenvalue weighted by molar-refractivity contribution is -0.104. The van der Waals surface area contributed by atoms with Crippen LogP contribution in [-0.2, 0) is 4.79 Å². The summed E-state index contributed by atoms with van der Waals surface area (Å²) < 4.78 is 0. The molecular formula is C7H9BO3. The van der Waals surface area contributed by atoms with Gasteiger partial charge in [0, 0.05) is 5.57 Å². The van der Waals surface area contributed by atoms with Crippen molar-refractivity contribution in [2.75, 3.05) is 0 Å². The monoisotopic (exact) mass is 152 g/mol. The molecule has 0 saturated heterocycles. The number of carbonyl (C=O) groups excluding carboxylic acids is 1. The van der Waals surface area contributed by atoms with Crippen LogP contribution in [0.2, 0.25) is 0 Å². The smallest absolute Gasteiger partial charge is 0.423 e. The van der Waals surface area contributed by atoms with Crippen LogP contribution in [0.25, 0.3) is 0 Å². The molecule has 11 heavy (non-hydrogen) atoms. The van der Waals surface area contributed by atoms with Crippen LogP contribution in [0, 0.1) is 0 Å². The number of aldehydes is 1. The van der Waals surface area contributed by atoms with Gasteiger partial charge in [0.1, 0.15) is 6.29 Å². The van der Waals surface area contributed by atoms with E-state index in [1.807, 2.05) is 6.08 Å². The SMILES string of the molecule is O=CC1=C(B(O)O)CCC=C1. The quantitative estimate of drug-likeness (QED) is 0.427. The molecule has 0 fully saturated rings. The van der Waals surface area contributed by atoms with Gasteiger partial charge in [-0.3, -0.25) is 4.79 Å². The van der Waals surface area contributed by atoms with Gasteiger partial charge in [-0.05, 0) is 18.3 Å². The van der Waals surface area contributed by atoms with E-state index in [1.54, 1.807) is 6.08 Å². The Morgan fingerprint density at radius 2 is 2.27 bits per heavy atom. The molecule has 0 heterocycles. The van der Waals surface area contributed by atoms with Crippen molar-refractivity contribution < 1.29 is 14.8 Å². The van der Waals surface area contributed by atoms with Gasteiger partial charge in [-0.2, -0.15) is 0 Å². The van der Waals surface area contributed by atoms with E-state index >= 15 is 0 Å². The fourth-order valence-corrected chi connectivity index (χ4v) is 1.09. The zero-order valence-corrected chi connectivity index (χ0v) is 6.03. The van der Waals surface area contributed by atoms with Gasteiger partial charge < -0.3 is 10.0 Å². The molecule has 0 unspecified atom stereocenters. The van der Waals surface area contributed by atoms with Gasteiger partial charge in [0.05, 0.1) is 0 Å². The Hall–Kier alpha value is -0.865. The van der Waals surface area contributed by atoms with Gasteiger partial charge in [0.15, 0.2) is 0 Å². The van der Waals surface area contributed by atoms with E-state index in [1.165, 1.54) is 0 Å². The summed E-state index contributed by atoms with van der Waals surface area (Å²) in [6.45, 7) is 0. The van der Waals surface area contributed by atoms with Crippen LogP contribution in [-0.4, -0.2) is 23.5 Å². The zero-order chi connectivity index (χ0) is 8.27. The first-order chi connectivity index (χ1) is 5.25. The topological polar surface area (TPSA) is 57.5 Å². The van der Waals surface area contributed by atoms with E-state index in [9.17, 15) is 4.79 Å². The molecule has 1 aliphatic carbocycles. The number of hydrogen-bond donors (Lipinski definition) is 2. The normalized spacial score (nSPS) is 16.9. The highest BCUT2D eigenvalue weighted by atomic mass is 16.4. The minimum absolute atomic E-state index is 0.395. The minimum Gasteiger partial charge on any atom is -0.423 e. The first-order valence-electron chi connectivity index (χ1n) is 3.46. The summed E-state index contributed by atoms with van der Waals surface area (Å²) in [6.07, 6.45) is 5.43. The van der Waals surface area contributed by atoms with Crippen LogP contribution in [0.1, 0.15) is 12.8 Å². The highest BCUT2D eigenvalue weighted by Gasteiger charge is 2.19. The van der Waals surface area contributed by atoms with Gasteiger partial charge in [-0.25, -0.2) is 0 Å². The Morgan fingerprint density at radius 1 is 1.55 bits per heavy atom. The zero-order valence-electron chi connectivity index (χ0n) is 6.03. The summed E-state index contributed by atoms with van der Waals surface area (Å²) in [5.74, 6) is 0. The van der Waals surface area contributed by atoms with Crippen LogP contribution < -0.4 is 0 Å². The summed E-state index contributed by atoms with van der Waals surface area (Å²) in [5, 5.41) is 17.6. The first-order valence-corrected chi connectivity index (χ1v) is 3.46. The average molecular weight is 152 g/mol. The Labute approximate surface area is 65.2 Å². The molecular weight excluding hydrogens is 143 g/mol. The van der Waals surface area contributed by atoms with Crippen molar-refractivity contribution in [3.63, 3.8) is 0 Å². The molecule has 0 spiro atoms. The Morgan fingerprint density at radius 3 is 2.73 bits per heavy atom. The van der Waals surface area contributed by atoms with E-state index in [0.717, 1.165) is 6.42 Å². The number of rotatable bonds is 2. The van der Waals surface area contributed by atoms with E-state index < -0.39 is 7.12 Å². The van der Waals surface area contributed by atoms with Crippen molar-refractivity contribution in [2.45, 2.75) is 12.8 Å². The van der Waals surface area contributed by atoms with Crippen LogP contribution in [0.15, 0.2) is 23.2 Å². The second-order valence-corrected chi connectivity index (χ2v) is 2.41. The molecule has 0 atom stereocenters. The third kappa shape index (κ3) is 1.79. The molecule has 2 N–H and O–H groups in total. The van der Waals surface area contributed by atoms with E-state index in [-0.39, 0.29) is 0 Å². The molecule has 0 aromatic rings. The summed E-state index contributed by atoms with van der Waals surface area (Å²) in [7, 11) is -1.49. The fraction of sp³-hybridized carbons (Fsp3) is 0.286. The highest BCUT2D eigenvalue weighted by molar-refractivity contribution is 6.51. The van der Waals surface area contributed by atoms with Crippen LogP contribution in [0.5, 0.6) is 0 Å². The van der Waals surface area contributed by atoms with Gasteiger partial charge in [0.2, 0.25) is 0 Å². The van der Waals surface area contributed by atoms with Crippen LogP contribution in [0.3, 0.4) is 0 Å². The third-order valence-corrected chi connectivity index (χ3v) is 1.69. The fourth-order valence-electron chi connectivity index (χ4n) is 1.09. The van der Waals surface area contributed by atoms with Crippen molar-refractivity contribution in [1.29, 1.82) is 0 Å². The highest BCUT2D eigenvalue weighted by Crippen LogP contribution is 2.17. The average Bonchev–Trinajstić information content (AvgIpc) is 2.04. The molecule has 0 amide bonds. The van der Waals surface area contributed by atoms with Crippen LogP contribution in [0.4, 0.5) is 0 Å². The predicted octanol–water partition coefficient (Wildman–Crippen LogP) is -0.156. The van der Waals surface area contributed by atoms with Crippen molar-refractivity contribution in [3.05, 3.63) is 23.2 Å². The minimum atomic E-state index is -1.49. The summed E-state index contributed by atoms with van der Waals surface area (Å²) in [5.41, 5.74) is 0.814. The molecule has 0 radical (unpaired) electrons. The number of hydrogen-bond acceptors (Lipinski definition) is 3. The van der Waals surface area contributed by atoms with Gasteiger partial charge in [0.25, 0.3) is 0 Å². The third-order valence-electron chi connectivity index (χ3n) is 1.69. The van der Waals surface area contributed by atoms with Crippen molar-refractivity contribution in [1.82, 2.24) is 0 Å². The number of allylic oxidation sites excluding steroid dienone is 4. The lowest BCUT2D eigenvalue weighted by Gasteiger charge is -2.10. The van der Waals surface area contributed by atoms with E-state index in [0.29, 0.717) is 23.8 Å². The standard InChI is InChI=1S/C7H9BO3/c9-5-6-3-1-2-4-7(6)8(10)11/h1,3,5,10-11H,2,4H2. The molecule has 1 rings (SSSR count). The molecule has 0 aromatic carbocycles. The van der Waals surface area contributed by atoms with Crippen molar-refractivity contribution >= 4 is 13.4 Å². The molecule has 4 heteroatoms. The maximum atomic E-state index is 10.3. The molecule has 0 bridgehead atoms. The summed E-state index contributed by atoms with van der Waals surface area (Å²) in [6, 6.07) is 0. The van der Waals surface area contributed by atoms with E-state index in [4.69, 9.17) is 10.0 Å². The van der Waals surface area contributed by atoms with Gasteiger partial charge in [-0.1, -0.05) is 12.2 Å². The van der Waals surface area contributed by atoms with Gasteiger partial charge >= 0.3 is 7.12 Å². The molecule has 1 aliphatic rings. The largest absolute Gasteiger partial charge is 0.484 e. The van der Waals surface area contributed by atoms with Crippen LogP contribution >= 0.6 is 0 Å². The summed E-state index contributed by atoms with van der Waals surface area (Å²) >= 11 is 0. The molecule has 58 valence electrons. The molecule has 3 nitrogen and oxygen atoms in total. The lowest BCUT2D eigenvalue weighted by Crippen LogP contribution is -2.18. The van der Waals surface area contributed by atoms with Gasteiger partial charge in [-0.15, -0.1) is 0 Å². The predicted molar refractivity (Wildman–Crippen MR) is 41.7 cm³/mol. The van der Waals surface area contributed by atoms with Crippen molar-refractivity contribution in [3.8, 4) is 0 Å². The Kier molecular flexibility index (Phi) is 2.62. The van der Waals surface area contributed by atoms with E-state index in [2.05, 4.69) is 0 Å². The molecule has 0 saturated carbocycles. The molecule has 0 aliphatic heterocycles.